The van der Waals surface area contributed by atoms with Crippen LogP contribution in [-0.4, -0.2) is 38.8 Å². The molecule has 0 aliphatic rings. The monoisotopic (exact) mass is 444 g/mol. The molecule has 0 fully saturated rings. The molecule has 6 nitrogen and oxygen atoms in total. The highest BCUT2D eigenvalue weighted by Crippen LogP contribution is 2.33. The smallest absolute Gasteiger partial charge is 0.419 e. The van der Waals surface area contributed by atoms with Gasteiger partial charge < -0.3 is 4.74 Å². The number of carbonyl (C=O) groups excluding carboxylic acids is 1. The Balaban J connectivity index is 1.76. The largest absolute Gasteiger partial charge is 0.491 e. The van der Waals surface area contributed by atoms with Gasteiger partial charge in [0.2, 0.25) is 0 Å². The first-order valence-corrected chi connectivity index (χ1v) is 9.62. The third-order valence-electron chi connectivity index (χ3n) is 4.65. The lowest BCUT2D eigenvalue weighted by atomic mass is 10.1. The summed E-state index contributed by atoms with van der Waals surface area (Å²) >= 11 is 0. The molecule has 0 N–H and O–H groups in total. The number of aromatic nitrogens is 4. The highest BCUT2D eigenvalue weighted by molar-refractivity contribution is 5.85. The fourth-order valence-electron chi connectivity index (χ4n) is 3.11. The van der Waals surface area contributed by atoms with Crippen molar-refractivity contribution in [3.63, 3.8) is 0 Å². The maximum Gasteiger partial charge on any atom is 0.491 e. The second-order valence-corrected chi connectivity index (χ2v) is 6.90. The van der Waals surface area contributed by atoms with Gasteiger partial charge in [-0.3, -0.25) is 4.39 Å². The summed E-state index contributed by atoms with van der Waals surface area (Å²) in [6, 6.07) is 15.0. The van der Waals surface area contributed by atoms with Crippen LogP contribution in [0.25, 0.3) is 27.8 Å². The average Bonchev–Trinajstić information content (AvgIpc) is 3.25. The van der Waals surface area contributed by atoms with Crippen LogP contribution < -0.4 is 4.74 Å². The molecule has 4 aromatic rings. The van der Waals surface area contributed by atoms with Gasteiger partial charge >= 0.3 is 12.1 Å². The average molecular weight is 444 g/mol. The van der Waals surface area contributed by atoms with Gasteiger partial charge in [0.1, 0.15) is 5.75 Å². The van der Waals surface area contributed by atoms with Gasteiger partial charge in [-0.1, -0.05) is 29.5 Å². The van der Waals surface area contributed by atoms with Gasteiger partial charge in [0.25, 0.3) is 0 Å². The molecule has 0 aliphatic heterocycles. The van der Waals surface area contributed by atoms with Gasteiger partial charge in [0.15, 0.2) is 0 Å². The standard InChI is InChI=1S/C22H16F4N4O2/c23-11-3-5-15-13-30(29-28-15)16-8-9-17(20(12-16)32-21(31)22(24,25)26)19-10-7-14-4-1-2-6-18(14)27-19/h1-2,4,6-10,12-13H,3,5,11H2. The van der Waals surface area contributed by atoms with E-state index in [9.17, 15) is 22.4 Å². The van der Waals surface area contributed by atoms with E-state index in [4.69, 9.17) is 4.74 Å². The molecule has 2 heterocycles. The molecule has 164 valence electrons. The summed E-state index contributed by atoms with van der Waals surface area (Å²) in [5.41, 5.74) is 2.02. The van der Waals surface area contributed by atoms with E-state index in [-0.39, 0.29) is 17.7 Å². The van der Waals surface area contributed by atoms with Crippen molar-refractivity contribution in [2.45, 2.75) is 19.0 Å². The fraction of sp³-hybridized carbons (Fsp3) is 0.182. The molecular formula is C22H16F4N4O2. The van der Waals surface area contributed by atoms with E-state index in [1.54, 1.807) is 30.3 Å². The van der Waals surface area contributed by atoms with Gasteiger partial charge in [-0.15, -0.1) is 5.10 Å². The number of fused-ring (bicyclic) bond motifs is 1. The second-order valence-electron chi connectivity index (χ2n) is 6.90. The Labute approximate surface area is 179 Å². The Morgan fingerprint density at radius 3 is 2.66 bits per heavy atom. The molecule has 4 rings (SSSR count). The minimum absolute atomic E-state index is 0.204. The first-order valence-electron chi connectivity index (χ1n) is 9.62. The Morgan fingerprint density at radius 1 is 1.06 bits per heavy atom. The number of nitrogens with zero attached hydrogens (tertiary/aromatic N) is 4. The Kier molecular flexibility index (Phi) is 5.85. The van der Waals surface area contributed by atoms with E-state index >= 15 is 0 Å². The van der Waals surface area contributed by atoms with Crippen LogP contribution in [0.3, 0.4) is 0 Å². The van der Waals surface area contributed by atoms with E-state index in [1.807, 2.05) is 12.1 Å². The van der Waals surface area contributed by atoms with Gasteiger partial charge in [0.05, 0.1) is 35.5 Å². The number of pyridine rings is 1. The number of aryl methyl sites for hydroxylation is 1. The SMILES string of the molecule is O=C(Oc1cc(-n2cc(CCCF)nn2)ccc1-c1ccc2ccccc2n1)C(F)(F)F. The number of hydrogen-bond acceptors (Lipinski definition) is 5. The molecule has 0 bridgehead atoms. The van der Waals surface area contributed by atoms with Crippen LogP contribution in [0.4, 0.5) is 17.6 Å². The first-order chi connectivity index (χ1) is 15.3. The quantitative estimate of drug-likeness (QED) is 0.242. The Morgan fingerprint density at radius 2 is 1.88 bits per heavy atom. The molecule has 2 aromatic carbocycles. The van der Waals surface area contributed by atoms with Gasteiger partial charge in [-0.25, -0.2) is 14.5 Å². The molecule has 0 spiro atoms. The summed E-state index contributed by atoms with van der Waals surface area (Å²) in [5.74, 6) is -2.67. The minimum Gasteiger partial charge on any atom is -0.419 e. The number of carbonyl (C=O) groups is 1. The molecular weight excluding hydrogens is 428 g/mol. The van der Waals surface area contributed by atoms with Crippen molar-refractivity contribution in [3.05, 3.63) is 66.5 Å². The van der Waals surface area contributed by atoms with Crippen LogP contribution in [0.1, 0.15) is 12.1 Å². The molecule has 0 aliphatic carbocycles. The van der Waals surface area contributed by atoms with Crippen LogP contribution in [0, 0.1) is 0 Å². The van der Waals surface area contributed by atoms with Crippen LogP contribution in [0.2, 0.25) is 0 Å². The molecule has 0 atom stereocenters. The summed E-state index contributed by atoms with van der Waals surface area (Å²) in [5, 5.41) is 8.69. The van der Waals surface area contributed by atoms with E-state index in [2.05, 4.69) is 15.3 Å². The third-order valence-corrected chi connectivity index (χ3v) is 4.65. The zero-order valence-electron chi connectivity index (χ0n) is 16.5. The van der Waals surface area contributed by atoms with E-state index in [0.29, 0.717) is 29.0 Å². The highest BCUT2D eigenvalue weighted by Gasteiger charge is 2.41. The summed E-state index contributed by atoms with van der Waals surface area (Å²) in [7, 11) is 0. The van der Waals surface area contributed by atoms with Crippen molar-refractivity contribution >= 4 is 16.9 Å². The fourth-order valence-corrected chi connectivity index (χ4v) is 3.11. The van der Waals surface area contributed by atoms with Gasteiger partial charge in [-0.05, 0) is 37.1 Å². The van der Waals surface area contributed by atoms with Crippen LogP contribution >= 0.6 is 0 Å². The molecule has 2 aromatic heterocycles. The lowest BCUT2D eigenvalue weighted by Crippen LogP contribution is -2.28. The third kappa shape index (κ3) is 4.58. The maximum atomic E-state index is 12.9. The number of esters is 1. The first kappa shape index (κ1) is 21.4. The number of halogens is 4. The van der Waals surface area contributed by atoms with Crippen molar-refractivity contribution in [1.82, 2.24) is 20.0 Å². The highest BCUT2D eigenvalue weighted by atomic mass is 19.4. The summed E-state index contributed by atoms with van der Waals surface area (Å²) in [4.78, 5) is 16.0. The van der Waals surface area contributed by atoms with Crippen LogP contribution in [0.5, 0.6) is 5.75 Å². The normalized spacial score (nSPS) is 11.6. The Hall–Kier alpha value is -3.82. The van der Waals surface area contributed by atoms with E-state index < -0.39 is 18.8 Å². The van der Waals surface area contributed by atoms with Crippen molar-refractivity contribution in [1.29, 1.82) is 0 Å². The molecule has 10 heteroatoms. The van der Waals surface area contributed by atoms with Gasteiger partial charge in [-0.2, -0.15) is 13.2 Å². The summed E-state index contributed by atoms with van der Waals surface area (Å²) in [6.45, 7) is -0.502. The number of benzene rings is 2. The number of para-hydroxylation sites is 1. The molecule has 0 radical (unpaired) electrons. The zero-order chi connectivity index (χ0) is 22.7. The summed E-state index contributed by atoms with van der Waals surface area (Å²) in [6.07, 6.45) is -2.99. The van der Waals surface area contributed by atoms with Crippen LogP contribution in [0.15, 0.2) is 60.8 Å². The van der Waals surface area contributed by atoms with Crippen molar-refractivity contribution in [2.24, 2.45) is 0 Å². The lowest BCUT2D eigenvalue weighted by Gasteiger charge is -2.13. The Bertz CT molecular complexity index is 1270. The van der Waals surface area contributed by atoms with Gasteiger partial charge in [0, 0.05) is 17.0 Å². The number of ether oxygens (including phenoxy) is 1. The predicted octanol–water partition coefficient (Wildman–Crippen LogP) is 4.85. The molecule has 32 heavy (non-hydrogen) atoms. The second kappa shape index (κ2) is 8.74. The maximum absolute atomic E-state index is 12.9. The molecule has 0 amide bonds. The van der Waals surface area contributed by atoms with Crippen LogP contribution in [-0.2, 0) is 11.2 Å². The predicted molar refractivity (Wildman–Crippen MR) is 108 cm³/mol. The number of alkyl halides is 4. The summed E-state index contributed by atoms with van der Waals surface area (Å²) < 4.78 is 57.0. The van der Waals surface area contributed by atoms with Crippen molar-refractivity contribution < 1.29 is 27.1 Å². The molecule has 0 unspecified atom stereocenters. The van der Waals surface area contributed by atoms with E-state index in [0.717, 1.165) is 5.39 Å². The van der Waals surface area contributed by atoms with E-state index in [1.165, 1.54) is 23.0 Å². The molecule has 0 saturated carbocycles. The topological polar surface area (TPSA) is 69.9 Å². The lowest BCUT2D eigenvalue weighted by molar-refractivity contribution is -0.189. The molecule has 0 saturated heterocycles. The number of hydrogen-bond donors (Lipinski definition) is 0. The van der Waals surface area contributed by atoms with Crippen molar-refractivity contribution in [3.8, 4) is 22.7 Å². The van der Waals surface area contributed by atoms with Crippen molar-refractivity contribution in [2.75, 3.05) is 6.67 Å². The minimum atomic E-state index is -5.17. The number of rotatable bonds is 6. The zero-order valence-corrected chi connectivity index (χ0v) is 16.5.